The van der Waals surface area contributed by atoms with Crippen molar-refractivity contribution in [2.75, 3.05) is 18.4 Å². The van der Waals surface area contributed by atoms with Crippen LogP contribution in [0, 0.1) is 3.57 Å². The number of sulfonamides is 1. The van der Waals surface area contributed by atoms with Crippen LogP contribution in [0.15, 0.2) is 47.4 Å². The number of nitrogens with zero attached hydrogens (tertiary/aromatic N) is 1. The Morgan fingerprint density at radius 3 is 2.48 bits per heavy atom. The summed E-state index contributed by atoms with van der Waals surface area (Å²) >= 11 is 8.24. The first-order valence-electron chi connectivity index (χ1n) is 7.75. The number of para-hydroxylation sites is 1. The van der Waals surface area contributed by atoms with Crippen molar-refractivity contribution >= 4 is 55.8 Å². The van der Waals surface area contributed by atoms with Crippen molar-refractivity contribution in [2.24, 2.45) is 0 Å². The summed E-state index contributed by atoms with van der Waals surface area (Å²) in [5, 5.41) is 2.92. The third-order valence-electron chi connectivity index (χ3n) is 4.00. The second-order valence-electron chi connectivity index (χ2n) is 5.69. The maximum atomic E-state index is 12.8. The molecule has 1 aliphatic rings. The highest BCUT2D eigenvalue weighted by molar-refractivity contribution is 14.1. The number of benzene rings is 2. The fraction of sp³-hybridized carbons (Fsp3) is 0.235. The number of nitrogens with one attached hydrogen (secondary N) is 1. The zero-order valence-corrected chi connectivity index (χ0v) is 16.9. The summed E-state index contributed by atoms with van der Waals surface area (Å²) < 4.78 is 27.8. The highest BCUT2D eigenvalue weighted by atomic mass is 127. The first kappa shape index (κ1) is 18.6. The average Bonchev–Trinajstić information content (AvgIpc) is 3.12. The molecule has 0 bridgehead atoms. The van der Waals surface area contributed by atoms with Gasteiger partial charge in [-0.2, -0.15) is 4.31 Å². The van der Waals surface area contributed by atoms with Gasteiger partial charge >= 0.3 is 0 Å². The summed E-state index contributed by atoms with van der Waals surface area (Å²) in [6.45, 7) is 0.967. The lowest BCUT2D eigenvalue weighted by molar-refractivity contribution is 0.102. The molecule has 2 aromatic carbocycles. The number of amides is 1. The molecule has 1 fully saturated rings. The lowest BCUT2D eigenvalue weighted by Gasteiger charge is -2.17. The molecular weight excluding hydrogens is 475 g/mol. The number of hydrogen-bond acceptors (Lipinski definition) is 3. The Balaban J connectivity index is 1.91. The minimum atomic E-state index is -3.69. The van der Waals surface area contributed by atoms with Crippen LogP contribution in [0.5, 0.6) is 0 Å². The Morgan fingerprint density at radius 1 is 1.12 bits per heavy atom. The van der Waals surface area contributed by atoms with E-state index in [9.17, 15) is 13.2 Å². The second kappa shape index (κ2) is 7.61. The van der Waals surface area contributed by atoms with Crippen molar-refractivity contribution in [3.63, 3.8) is 0 Å². The van der Waals surface area contributed by atoms with Gasteiger partial charge in [0.05, 0.1) is 10.7 Å². The average molecular weight is 491 g/mol. The Hall–Kier alpha value is -1.16. The van der Waals surface area contributed by atoms with Gasteiger partial charge in [0, 0.05) is 22.2 Å². The van der Waals surface area contributed by atoms with E-state index >= 15 is 0 Å². The van der Waals surface area contributed by atoms with Gasteiger partial charge in [-0.25, -0.2) is 8.42 Å². The summed E-state index contributed by atoms with van der Waals surface area (Å²) in [5.74, 6) is -0.376. The fourth-order valence-corrected chi connectivity index (χ4v) is 5.21. The van der Waals surface area contributed by atoms with Gasteiger partial charge in [-0.1, -0.05) is 23.7 Å². The van der Waals surface area contributed by atoms with E-state index < -0.39 is 10.0 Å². The quantitative estimate of drug-likeness (QED) is 0.659. The van der Waals surface area contributed by atoms with Crippen molar-refractivity contribution in [1.29, 1.82) is 0 Å². The van der Waals surface area contributed by atoms with E-state index in [1.807, 2.05) is 18.2 Å². The monoisotopic (exact) mass is 490 g/mol. The van der Waals surface area contributed by atoms with E-state index in [4.69, 9.17) is 11.6 Å². The topological polar surface area (TPSA) is 66.5 Å². The molecule has 0 unspecified atom stereocenters. The first-order valence-corrected chi connectivity index (χ1v) is 10.6. The number of rotatable bonds is 4. The molecule has 1 amide bonds. The molecule has 132 valence electrons. The summed E-state index contributed by atoms with van der Waals surface area (Å²) in [7, 11) is -3.69. The Bertz CT molecular complexity index is 912. The number of halogens is 2. The predicted molar refractivity (Wildman–Crippen MR) is 107 cm³/mol. The molecule has 1 aliphatic heterocycles. The van der Waals surface area contributed by atoms with E-state index in [2.05, 4.69) is 27.9 Å². The van der Waals surface area contributed by atoms with Crippen molar-refractivity contribution in [1.82, 2.24) is 4.31 Å². The maximum Gasteiger partial charge on any atom is 0.255 e. The van der Waals surface area contributed by atoms with E-state index in [0.29, 0.717) is 18.8 Å². The van der Waals surface area contributed by atoms with Gasteiger partial charge in [0.15, 0.2) is 0 Å². The van der Waals surface area contributed by atoms with Crippen LogP contribution in [-0.4, -0.2) is 31.7 Å². The van der Waals surface area contributed by atoms with Gasteiger partial charge in [0.2, 0.25) is 10.0 Å². The van der Waals surface area contributed by atoms with Crippen molar-refractivity contribution < 1.29 is 13.2 Å². The molecule has 3 rings (SSSR count). The zero-order valence-electron chi connectivity index (χ0n) is 13.2. The minimum Gasteiger partial charge on any atom is -0.321 e. The largest absolute Gasteiger partial charge is 0.321 e. The molecule has 0 saturated carbocycles. The van der Waals surface area contributed by atoms with Gasteiger partial charge in [-0.05, 0) is 65.8 Å². The third-order valence-corrected chi connectivity index (χ3v) is 7.32. The van der Waals surface area contributed by atoms with Crippen LogP contribution in [0.4, 0.5) is 5.69 Å². The molecule has 0 spiro atoms. The van der Waals surface area contributed by atoms with Crippen LogP contribution in [0.3, 0.4) is 0 Å². The second-order valence-corrected chi connectivity index (χ2v) is 9.17. The molecule has 1 saturated heterocycles. The summed E-state index contributed by atoms with van der Waals surface area (Å²) in [6, 6.07) is 11.7. The third kappa shape index (κ3) is 3.99. The molecule has 5 nitrogen and oxygen atoms in total. The molecule has 1 N–H and O–H groups in total. The summed E-state index contributed by atoms with van der Waals surface area (Å²) in [5.41, 5.74) is 0.925. The maximum absolute atomic E-state index is 12.8. The first-order chi connectivity index (χ1) is 11.9. The zero-order chi connectivity index (χ0) is 18.0. The number of carbonyl (C=O) groups is 1. The molecule has 0 atom stereocenters. The van der Waals surface area contributed by atoms with Crippen LogP contribution in [0.1, 0.15) is 23.2 Å². The van der Waals surface area contributed by atoms with Gasteiger partial charge in [0.1, 0.15) is 4.90 Å². The number of anilines is 1. The van der Waals surface area contributed by atoms with Crippen LogP contribution in [0.2, 0.25) is 5.02 Å². The Labute approximate surface area is 165 Å². The van der Waals surface area contributed by atoms with Crippen LogP contribution in [-0.2, 0) is 10.0 Å². The standard InChI is InChI=1S/C17H16ClIN2O3S/c18-13-8-7-12(17(22)20-15-6-2-1-5-14(15)19)11-16(13)25(23,24)21-9-3-4-10-21/h1-2,5-8,11H,3-4,9-10H2,(H,20,22). The van der Waals surface area contributed by atoms with Gasteiger partial charge in [-0.3, -0.25) is 4.79 Å². The van der Waals surface area contributed by atoms with E-state index in [1.165, 1.54) is 22.5 Å². The van der Waals surface area contributed by atoms with Crippen molar-refractivity contribution in [3.8, 4) is 0 Å². The number of carbonyl (C=O) groups excluding carboxylic acids is 1. The molecule has 25 heavy (non-hydrogen) atoms. The molecular formula is C17H16ClIN2O3S. The van der Waals surface area contributed by atoms with Gasteiger partial charge in [-0.15, -0.1) is 0 Å². The fourth-order valence-electron chi connectivity index (χ4n) is 2.67. The van der Waals surface area contributed by atoms with Crippen molar-refractivity contribution in [2.45, 2.75) is 17.7 Å². The minimum absolute atomic E-state index is 0.0218. The number of hydrogen-bond donors (Lipinski definition) is 1. The normalized spacial score (nSPS) is 15.3. The predicted octanol–water partition coefficient (Wildman–Crippen LogP) is 3.98. The molecule has 2 aromatic rings. The lowest BCUT2D eigenvalue weighted by atomic mass is 10.2. The molecule has 1 heterocycles. The van der Waals surface area contributed by atoms with Crippen molar-refractivity contribution in [3.05, 3.63) is 56.6 Å². The van der Waals surface area contributed by atoms with Crippen LogP contribution in [0.25, 0.3) is 0 Å². The van der Waals surface area contributed by atoms with Crippen LogP contribution < -0.4 is 5.32 Å². The Morgan fingerprint density at radius 2 is 1.80 bits per heavy atom. The molecule has 0 aliphatic carbocycles. The molecule has 0 aromatic heterocycles. The van der Waals surface area contributed by atoms with E-state index in [1.54, 1.807) is 6.07 Å². The summed E-state index contributed by atoms with van der Waals surface area (Å²) in [6.07, 6.45) is 1.67. The molecule has 0 radical (unpaired) electrons. The highest BCUT2D eigenvalue weighted by Crippen LogP contribution is 2.28. The smallest absolute Gasteiger partial charge is 0.255 e. The Kier molecular flexibility index (Phi) is 5.67. The van der Waals surface area contributed by atoms with E-state index in [-0.39, 0.29) is 21.4 Å². The molecule has 8 heteroatoms. The SMILES string of the molecule is O=C(Nc1ccccc1I)c1ccc(Cl)c(S(=O)(=O)N2CCCC2)c1. The highest BCUT2D eigenvalue weighted by Gasteiger charge is 2.29. The van der Waals surface area contributed by atoms with Gasteiger partial charge < -0.3 is 5.32 Å². The van der Waals surface area contributed by atoms with E-state index in [0.717, 1.165) is 16.4 Å². The van der Waals surface area contributed by atoms with Gasteiger partial charge in [0.25, 0.3) is 5.91 Å². The lowest BCUT2D eigenvalue weighted by Crippen LogP contribution is -2.28. The summed E-state index contributed by atoms with van der Waals surface area (Å²) in [4.78, 5) is 12.5. The van der Waals surface area contributed by atoms with Crippen LogP contribution >= 0.6 is 34.2 Å².